The van der Waals surface area contributed by atoms with E-state index in [1.165, 1.54) is 6.07 Å². The van der Waals surface area contributed by atoms with Crippen molar-refractivity contribution in [3.8, 4) is 0 Å². The maximum Gasteiger partial charge on any atom is 0.278 e. The third kappa shape index (κ3) is 1.70. The molecule has 1 aromatic rings. The van der Waals surface area contributed by atoms with Gasteiger partial charge in [-0.25, -0.2) is 0 Å². The summed E-state index contributed by atoms with van der Waals surface area (Å²) in [6, 6.07) is 0.834. The minimum atomic E-state index is -0.552. The predicted octanol–water partition coefficient (Wildman–Crippen LogP) is 2.29. The van der Waals surface area contributed by atoms with Gasteiger partial charge in [0.1, 0.15) is 5.76 Å². The van der Waals surface area contributed by atoms with E-state index in [1.807, 2.05) is 18.2 Å². The molecule has 0 spiro atoms. The first-order valence-corrected chi connectivity index (χ1v) is 5.22. The van der Waals surface area contributed by atoms with Crippen molar-refractivity contribution in [3.05, 3.63) is 41.1 Å². The van der Waals surface area contributed by atoms with Gasteiger partial charge in [-0.05, 0) is 6.08 Å². The number of fused-ring (bicyclic) bond motifs is 1. The molecular weight excluding hydrogens is 211 g/mol. The maximum absolute atomic E-state index is 12.9. The fourth-order valence-corrected chi connectivity index (χ4v) is 1.92. The van der Waals surface area contributed by atoms with Crippen LogP contribution in [-0.2, 0) is 15.9 Å². The van der Waals surface area contributed by atoms with Crippen molar-refractivity contribution in [1.82, 2.24) is 0 Å². The van der Waals surface area contributed by atoms with Gasteiger partial charge >= 0.3 is 0 Å². The molecule has 3 nitrogen and oxygen atoms in total. The van der Waals surface area contributed by atoms with Crippen LogP contribution < -0.4 is 0 Å². The van der Waals surface area contributed by atoms with Crippen LogP contribution in [0.2, 0.25) is 0 Å². The van der Waals surface area contributed by atoms with Gasteiger partial charge in [0.2, 0.25) is 0 Å². The number of ether oxygens (including phenoxy) is 2. The van der Waals surface area contributed by atoms with Crippen molar-refractivity contribution in [2.75, 3.05) is 13.2 Å². The standard InChI is InChI=1S/C12H11FO3/c13-11-7-9-6-8(12-14-4-5-15-12)2-1-3-10(9)16-11/h1-2,6-7,12H,3-5H2. The van der Waals surface area contributed by atoms with Crippen LogP contribution in [-0.4, -0.2) is 19.5 Å². The SMILES string of the molecule is Fc1cc2c(o1)CC=CC(C1OCCO1)=C2. The third-order valence-electron chi connectivity index (χ3n) is 2.64. The van der Waals surface area contributed by atoms with Gasteiger partial charge in [-0.15, -0.1) is 0 Å². The molecule has 1 fully saturated rings. The molecule has 0 bridgehead atoms. The van der Waals surface area contributed by atoms with E-state index in [4.69, 9.17) is 13.9 Å². The number of rotatable bonds is 1. The van der Waals surface area contributed by atoms with Gasteiger partial charge in [-0.2, -0.15) is 4.39 Å². The summed E-state index contributed by atoms with van der Waals surface area (Å²) in [6.45, 7) is 1.20. The maximum atomic E-state index is 12.9. The smallest absolute Gasteiger partial charge is 0.278 e. The van der Waals surface area contributed by atoms with Crippen molar-refractivity contribution in [3.63, 3.8) is 0 Å². The topological polar surface area (TPSA) is 31.6 Å². The van der Waals surface area contributed by atoms with Crippen LogP contribution in [0.15, 0.2) is 28.2 Å². The Hall–Kier alpha value is -1.39. The van der Waals surface area contributed by atoms with Crippen molar-refractivity contribution >= 4 is 6.08 Å². The molecule has 3 rings (SSSR count). The fraction of sp³-hybridized carbons (Fsp3) is 0.333. The molecule has 0 saturated carbocycles. The van der Waals surface area contributed by atoms with Gasteiger partial charge in [0.05, 0.1) is 13.2 Å². The van der Waals surface area contributed by atoms with Crippen LogP contribution in [0.25, 0.3) is 6.08 Å². The van der Waals surface area contributed by atoms with Crippen LogP contribution in [0.3, 0.4) is 0 Å². The Kier molecular flexibility index (Phi) is 2.38. The predicted molar refractivity (Wildman–Crippen MR) is 55.2 cm³/mol. The van der Waals surface area contributed by atoms with Gasteiger partial charge < -0.3 is 13.9 Å². The molecule has 0 unspecified atom stereocenters. The Morgan fingerprint density at radius 2 is 2.06 bits per heavy atom. The minimum absolute atomic E-state index is 0.333. The van der Waals surface area contributed by atoms with Gasteiger partial charge in [-0.3, -0.25) is 0 Å². The molecule has 16 heavy (non-hydrogen) atoms. The zero-order chi connectivity index (χ0) is 11.0. The van der Waals surface area contributed by atoms with Crippen molar-refractivity contribution in [2.24, 2.45) is 0 Å². The van der Waals surface area contributed by atoms with Gasteiger partial charge in [-0.1, -0.05) is 12.2 Å². The molecule has 1 aliphatic carbocycles. The lowest BCUT2D eigenvalue weighted by Crippen LogP contribution is -2.09. The highest BCUT2D eigenvalue weighted by molar-refractivity contribution is 5.60. The van der Waals surface area contributed by atoms with Gasteiger partial charge in [0, 0.05) is 23.6 Å². The molecule has 2 heterocycles. The normalized spacial score (nSPS) is 20.7. The summed E-state index contributed by atoms with van der Waals surface area (Å²) in [6.07, 6.45) is 5.96. The number of hydrogen-bond acceptors (Lipinski definition) is 3. The number of furan rings is 1. The quantitative estimate of drug-likeness (QED) is 0.730. The molecule has 4 heteroatoms. The first kappa shape index (κ1) is 9.81. The van der Waals surface area contributed by atoms with Crippen LogP contribution in [0.4, 0.5) is 4.39 Å². The second kappa shape index (κ2) is 3.88. The molecule has 0 atom stereocenters. The molecule has 1 aliphatic heterocycles. The van der Waals surface area contributed by atoms with E-state index in [0.29, 0.717) is 25.4 Å². The highest BCUT2D eigenvalue weighted by Gasteiger charge is 2.21. The summed E-state index contributed by atoms with van der Waals surface area (Å²) in [7, 11) is 0. The lowest BCUT2D eigenvalue weighted by atomic mass is 10.1. The molecule has 0 aromatic carbocycles. The van der Waals surface area contributed by atoms with E-state index in [9.17, 15) is 4.39 Å². The second-order valence-corrected chi connectivity index (χ2v) is 3.75. The third-order valence-corrected chi connectivity index (χ3v) is 2.64. The van der Waals surface area contributed by atoms with Crippen molar-refractivity contribution in [2.45, 2.75) is 12.7 Å². The molecule has 1 aromatic heterocycles. The molecule has 0 amide bonds. The van der Waals surface area contributed by atoms with Crippen LogP contribution in [0.5, 0.6) is 0 Å². The summed E-state index contributed by atoms with van der Waals surface area (Å²) in [4.78, 5) is 0. The molecule has 0 radical (unpaired) electrons. The highest BCUT2D eigenvalue weighted by Crippen LogP contribution is 2.25. The first-order valence-electron chi connectivity index (χ1n) is 5.22. The van der Waals surface area contributed by atoms with Crippen LogP contribution >= 0.6 is 0 Å². The lowest BCUT2D eigenvalue weighted by molar-refractivity contribution is -0.00756. The number of hydrogen-bond donors (Lipinski definition) is 0. The molecule has 0 N–H and O–H groups in total. The summed E-state index contributed by atoms with van der Waals surface area (Å²) >= 11 is 0. The summed E-state index contributed by atoms with van der Waals surface area (Å²) in [5, 5.41) is 0. The Morgan fingerprint density at radius 1 is 1.25 bits per heavy atom. The lowest BCUT2D eigenvalue weighted by Gasteiger charge is -2.09. The van der Waals surface area contributed by atoms with Crippen molar-refractivity contribution in [1.29, 1.82) is 0 Å². The molecular formula is C12H11FO3. The van der Waals surface area contributed by atoms with E-state index in [1.54, 1.807) is 0 Å². The summed E-state index contributed by atoms with van der Waals surface area (Å²) in [5.41, 5.74) is 1.66. The average Bonchev–Trinajstić information content (AvgIpc) is 2.84. The van der Waals surface area contributed by atoms with E-state index in [-0.39, 0.29) is 6.29 Å². The van der Waals surface area contributed by atoms with Gasteiger partial charge in [0.15, 0.2) is 6.29 Å². The van der Waals surface area contributed by atoms with Crippen molar-refractivity contribution < 1.29 is 18.3 Å². The Balaban J connectivity index is 1.96. The van der Waals surface area contributed by atoms with E-state index < -0.39 is 6.01 Å². The summed E-state index contributed by atoms with van der Waals surface area (Å²) in [5.74, 6) is 0.641. The summed E-state index contributed by atoms with van der Waals surface area (Å²) < 4.78 is 28.7. The largest absolute Gasteiger partial charge is 0.435 e. The number of halogens is 1. The first-order chi connectivity index (χ1) is 7.83. The zero-order valence-electron chi connectivity index (χ0n) is 8.61. The Bertz CT molecular complexity index is 453. The fourth-order valence-electron chi connectivity index (χ4n) is 1.92. The van der Waals surface area contributed by atoms with E-state index >= 15 is 0 Å². The Morgan fingerprint density at radius 3 is 2.88 bits per heavy atom. The molecule has 2 aliphatic rings. The highest BCUT2D eigenvalue weighted by atomic mass is 19.1. The van der Waals surface area contributed by atoms with Crippen LogP contribution in [0, 0.1) is 6.01 Å². The monoisotopic (exact) mass is 222 g/mol. The molecule has 84 valence electrons. The molecule has 1 saturated heterocycles. The minimum Gasteiger partial charge on any atom is -0.435 e. The van der Waals surface area contributed by atoms with E-state index in [2.05, 4.69) is 0 Å². The second-order valence-electron chi connectivity index (χ2n) is 3.75. The van der Waals surface area contributed by atoms with Crippen LogP contribution in [0.1, 0.15) is 11.3 Å². The zero-order valence-corrected chi connectivity index (χ0v) is 8.61. The number of allylic oxidation sites excluding steroid dienone is 1. The average molecular weight is 222 g/mol. The Labute approximate surface area is 92.1 Å². The van der Waals surface area contributed by atoms with Gasteiger partial charge in [0.25, 0.3) is 6.01 Å². The van der Waals surface area contributed by atoms with E-state index in [0.717, 1.165) is 11.1 Å².